The molecule has 0 unspecified atom stereocenters. The van der Waals surface area contributed by atoms with Crippen molar-refractivity contribution in [3.63, 3.8) is 0 Å². The minimum atomic E-state index is -3.55. The Bertz CT molecular complexity index is 278. The summed E-state index contributed by atoms with van der Waals surface area (Å²) in [6.45, 7) is 6.25. The summed E-state index contributed by atoms with van der Waals surface area (Å²) in [6, 6.07) is 0. The maximum Gasteiger partial charge on any atom is 0.278 e. The van der Waals surface area contributed by atoms with E-state index < -0.39 is 15.2 Å². The number of carbonyl (C=O) groups excluding carboxylic acids is 1. The Morgan fingerprint density at radius 2 is 2.08 bits per heavy atom. The van der Waals surface area contributed by atoms with Crippen LogP contribution in [-0.2, 0) is 18.5 Å². The molecule has 6 heteroatoms. The van der Waals surface area contributed by atoms with E-state index >= 15 is 0 Å². The molecule has 0 fully saturated rings. The molecule has 0 saturated carbocycles. The van der Waals surface area contributed by atoms with Crippen molar-refractivity contribution in [1.29, 1.82) is 0 Å². The van der Waals surface area contributed by atoms with Crippen LogP contribution in [0.3, 0.4) is 0 Å². The molecular weight excluding hydrogens is 200 g/mol. The van der Waals surface area contributed by atoms with Gasteiger partial charge in [0.2, 0.25) is 5.12 Å². The standard InChI is InChI=1S/C6H10O4S2/c1-4-12(8,9)10-11-6(7)5(2)3/h2,4H2,1,3H3. The van der Waals surface area contributed by atoms with Crippen molar-refractivity contribution in [2.75, 3.05) is 5.75 Å². The molecule has 0 atom stereocenters. The Morgan fingerprint density at radius 3 is 2.42 bits per heavy atom. The topological polar surface area (TPSA) is 60.4 Å². The lowest BCUT2D eigenvalue weighted by Gasteiger charge is -1.98. The number of hydrogen-bond acceptors (Lipinski definition) is 5. The van der Waals surface area contributed by atoms with Crippen LogP contribution >= 0.6 is 12.0 Å². The highest BCUT2D eigenvalue weighted by atomic mass is 32.3. The zero-order valence-electron chi connectivity index (χ0n) is 6.86. The fourth-order valence-corrected chi connectivity index (χ4v) is 1.39. The third-order valence-corrected chi connectivity index (χ3v) is 3.22. The largest absolute Gasteiger partial charge is 0.279 e. The Kier molecular flexibility index (Phi) is 4.51. The van der Waals surface area contributed by atoms with Crippen LogP contribution in [0.2, 0.25) is 0 Å². The maximum absolute atomic E-state index is 10.8. The van der Waals surface area contributed by atoms with E-state index in [4.69, 9.17) is 0 Å². The minimum absolute atomic E-state index is 0.149. The average molecular weight is 210 g/mol. The van der Waals surface area contributed by atoms with E-state index in [1.165, 1.54) is 13.8 Å². The molecule has 0 bridgehead atoms. The first-order chi connectivity index (χ1) is 5.39. The lowest BCUT2D eigenvalue weighted by atomic mass is 10.4. The van der Waals surface area contributed by atoms with Crippen molar-refractivity contribution in [2.24, 2.45) is 0 Å². The molecule has 0 heterocycles. The SMILES string of the molecule is C=C(C)C(=O)SOS(=O)(=O)CC. The van der Waals surface area contributed by atoms with Gasteiger partial charge in [0.15, 0.2) is 0 Å². The second kappa shape index (κ2) is 4.64. The van der Waals surface area contributed by atoms with Gasteiger partial charge in [0.1, 0.15) is 0 Å². The van der Waals surface area contributed by atoms with Crippen LogP contribution in [0.5, 0.6) is 0 Å². The Balaban J connectivity index is 4.02. The molecule has 4 nitrogen and oxygen atoms in total. The van der Waals surface area contributed by atoms with Gasteiger partial charge in [0, 0.05) is 0 Å². The van der Waals surface area contributed by atoms with Gasteiger partial charge in [-0.15, -0.1) is 0 Å². The first-order valence-electron chi connectivity index (χ1n) is 3.17. The molecule has 0 rings (SSSR count). The van der Waals surface area contributed by atoms with E-state index in [0.29, 0.717) is 0 Å². The third-order valence-electron chi connectivity index (χ3n) is 0.915. The molecule has 0 aromatic heterocycles. The molecule has 0 aliphatic carbocycles. The first-order valence-corrected chi connectivity index (χ1v) is 5.49. The molecule has 0 N–H and O–H groups in total. The molecule has 0 aromatic rings. The van der Waals surface area contributed by atoms with Crippen molar-refractivity contribution in [3.8, 4) is 0 Å². The highest BCUT2D eigenvalue weighted by Crippen LogP contribution is 2.13. The van der Waals surface area contributed by atoms with E-state index in [2.05, 4.69) is 10.2 Å². The number of carbonyl (C=O) groups is 1. The monoisotopic (exact) mass is 210 g/mol. The molecule has 0 radical (unpaired) electrons. The van der Waals surface area contributed by atoms with Gasteiger partial charge in [-0.2, -0.15) is 12.0 Å². The van der Waals surface area contributed by atoms with Crippen molar-refractivity contribution in [2.45, 2.75) is 13.8 Å². The van der Waals surface area contributed by atoms with Crippen molar-refractivity contribution < 1.29 is 16.8 Å². The summed E-state index contributed by atoms with van der Waals surface area (Å²) in [7, 11) is -3.55. The van der Waals surface area contributed by atoms with E-state index in [9.17, 15) is 13.2 Å². The zero-order chi connectivity index (χ0) is 9.78. The van der Waals surface area contributed by atoms with Gasteiger partial charge in [0.05, 0.1) is 17.8 Å². The molecular formula is C6H10O4S2. The molecule has 12 heavy (non-hydrogen) atoms. The van der Waals surface area contributed by atoms with Gasteiger partial charge >= 0.3 is 0 Å². The Morgan fingerprint density at radius 1 is 1.58 bits per heavy atom. The summed E-state index contributed by atoms with van der Waals surface area (Å²) >= 11 is 0.290. The summed E-state index contributed by atoms with van der Waals surface area (Å²) < 4.78 is 25.7. The fraction of sp³-hybridized carbons (Fsp3) is 0.500. The van der Waals surface area contributed by atoms with Crippen LogP contribution in [0.4, 0.5) is 0 Å². The van der Waals surface area contributed by atoms with Gasteiger partial charge in [0.25, 0.3) is 10.1 Å². The summed E-state index contributed by atoms with van der Waals surface area (Å²) in [5, 5.41) is -0.480. The molecule has 0 aliphatic rings. The third kappa shape index (κ3) is 4.53. The molecule has 0 spiro atoms. The normalized spacial score (nSPS) is 11.2. The van der Waals surface area contributed by atoms with E-state index in [-0.39, 0.29) is 23.4 Å². The first kappa shape index (κ1) is 11.7. The highest BCUT2D eigenvalue weighted by molar-refractivity contribution is 8.15. The van der Waals surface area contributed by atoms with Gasteiger partial charge in [-0.05, 0) is 19.4 Å². The highest BCUT2D eigenvalue weighted by Gasteiger charge is 2.12. The Hall–Kier alpha value is -0.330. The van der Waals surface area contributed by atoms with Gasteiger partial charge in [-0.25, -0.2) is 0 Å². The van der Waals surface area contributed by atoms with Crippen LogP contribution < -0.4 is 0 Å². The molecule has 70 valence electrons. The second-order valence-electron chi connectivity index (χ2n) is 2.07. The zero-order valence-corrected chi connectivity index (χ0v) is 8.50. The summed E-state index contributed by atoms with van der Waals surface area (Å²) in [4.78, 5) is 10.8. The fourth-order valence-electron chi connectivity index (χ4n) is 0.202. The van der Waals surface area contributed by atoms with Gasteiger partial charge in [-0.3, -0.25) is 4.79 Å². The average Bonchev–Trinajstić information content (AvgIpc) is 2.00. The van der Waals surface area contributed by atoms with Crippen LogP contribution in [0, 0.1) is 0 Å². The van der Waals surface area contributed by atoms with Crippen LogP contribution in [0.25, 0.3) is 0 Å². The van der Waals surface area contributed by atoms with Crippen molar-refractivity contribution in [3.05, 3.63) is 12.2 Å². The van der Waals surface area contributed by atoms with Crippen LogP contribution in [-0.4, -0.2) is 19.3 Å². The van der Waals surface area contributed by atoms with Gasteiger partial charge in [-0.1, -0.05) is 6.58 Å². The van der Waals surface area contributed by atoms with Crippen LogP contribution in [0.15, 0.2) is 12.2 Å². The smallest absolute Gasteiger partial charge is 0.278 e. The van der Waals surface area contributed by atoms with Gasteiger partial charge < -0.3 is 0 Å². The Labute approximate surface area is 76.3 Å². The minimum Gasteiger partial charge on any atom is -0.279 e. The second-order valence-corrected chi connectivity index (χ2v) is 4.84. The summed E-state index contributed by atoms with van der Waals surface area (Å²) in [6.07, 6.45) is 0. The van der Waals surface area contributed by atoms with Crippen LogP contribution in [0.1, 0.15) is 13.8 Å². The lowest BCUT2D eigenvalue weighted by molar-refractivity contribution is -0.108. The maximum atomic E-state index is 10.8. The lowest BCUT2D eigenvalue weighted by Crippen LogP contribution is -2.05. The number of rotatable bonds is 4. The van der Waals surface area contributed by atoms with E-state index in [0.717, 1.165) is 0 Å². The molecule has 0 aromatic carbocycles. The van der Waals surface area contributed by atoms with E-state index in [1.807, 2.05) is 0 Å². The van der Waals surface area contributed by atoms with E-state index in [1.54, 1.807) is 0 Å². The summed E-state index contributed by atoms with van der Waals surface area (Å²) in [5.74, 6) is -0.149. The number of hydrogen-bond donors (Lipinski definition) is 0. The molecule has 0 aliphatic heterocycles. The quantitative estimate of drug-likeness (QED) is 0.513. The van der Waals surface area contributed by atoms with Crippen molar-refractivity contribution >= 4 is 27.3 Å². The van der Waals surface area contributed by atoms with Crippen molar-refractivity contribution in [1.82, 2.24) is 0 Å². The summed E-state index contributed by atoms with van der Waals surface area (Å²) in [5.41, 5.74) is 0.256. The predicted octanol–water partition coefficient (Wildman–Crippen LogP) is 1.10. The predicted molar refractivity (Wildman–Crippen MR) is 48.0 cm³/mol. The molecule has 0 amide bonds. The molecule has 0 saturated heterocycles.